The third kappa shape index (κ3) is 7.58. The minimum atomic E-state index is -0.555. The lowest BCUT2D eigenvalue weighted by Gasteiger charge is -2.31. The predicted octanol–water partition coefficient (Wildman–Crippen LogP) is 4.73. The highest BCUT2D eigenvalue weighted by atomic mass is 32.2. The van der Waals surface area contributed by atoms with E-state index in [4.69, 9.17) is 0 Å². The molecule has 0 heterocycles. The molecule has 0 radical (unpaired) electrons. The maximum atomic E-state index is 13.1. The maximum absolute atomic E-state index is 13.1. The topological polar surface area (TPSA) is 49.4 Å². The van der Waals surface area contributed by atoms with Gasteiger partial charge < -0.3 is 10.2 Å². The molecule has 5 heteroatoms. The van der Waals surface area contributed by atoms with Crippen molar-refractivity contribution in [1.29, 1.82) is 0 Å². The number of nitrogens with one attached hydrogen (secondary N) is 1. The molecule has 0 aliphatic heterocycles. The van der Waals surface area contributed by atoms with Gasteiger partial charge in [0, 0.05) is 17.0 Å². The van der Waals surface area contributed by atoms with Crippen LogP contribution in [0.1, 0.15) is 44.4 Å². The zero-order chi connectivity index (χ0) is 21.6. The second kappa shape index (κ2) is 9.97. The van der Waals surface area contributed by atoms with Crippen LogP contribution in [0.15, 0.2) is 53.4 Å². The van der Waals surface area contributed by atoms with Gasteiger partial charge in [-0.25, -0.2) is 0 Å². The molecule has 1 N–H and O–H groups in total. The fraction of sp³-hybridized carbons (Fsp3) is 0.417. The highest BCUT2D eigenvalue weighted by Gasteiger charge is 2.28. The van der Waals surface area contributed by atoms with Crippen LogP contribution in [-0.2, 0) is 16.1 Å². The van der Waals surface area contributed by atoms with Crippen LogP contribution in [0.5, 0.6) is 0 Å². The molecule has 0 bridgehead atoms. The lowest BCUT2D eigenvalue weighted by Crippen LogP contribution is -2.52. The van der Waals surface area contributed by atoms with E-state index in [0.717, 1.165) is 16.0 Å². The van der Waals surface area contributed by atoms with Crippen molar-refractivity contribution in [2.45, 2.75) is 64.6 Å². The Morgan fingerprint density at radius 3 is 2.28 bits per heavy atom. The summed E-state index contributed by atoms with van der Waals surface area (Å²) in [5, 5.41) is 2.99. The number of hydrogen-bond acceptors (Lipinski definition) is 3. The first kappa shape index (κ1) is 23.0. The highest BCUT2D eigenvalue weighted by Crippen LogP contribution is 2.20. The van der Waals surface area contributed by atoms with E-state index in [1.807, 2.05) is 77.1 Å². The Morgan fingerprint density at radius 2 is 1.69 bits per heavy atom. The summed E-state index contributed by atoms with van der Waals surface area (Å²) in [5.41, 5.74) is 3.00. The van der Waals surface area contributed by atoms with Crippen LogP contribution in [0.4, 0.5) is 0 Å². The SMILES string of the molecule is Cc1ccc(SCC(=O)N(Cc2cccc(C)c2)[C@H](C)C(=O)NC(C)(C)C)cc1. The minimum Gasteiger partial charge on any atom is -0.350 e. The van der Waals surface area contributed by atoms with Crippen LogP contribution < -0.4 is 5.32 Å². The fourth-order valence-electron chi connectivity index (χ4n) is 2.93. The standard InChI is InChI=1S/C24H32N2O2S/c1-17-10-12-21(13-11-17)29-16-22(27)26(15-20-9-7-8-18(2)14-20)19(3)23(28)25-24(4,5)6/h7-14,19H,15-16H2,1-6H3,(H,25,28)/t19-/m1/s1. The summed E-state index contributed by atoms with van der Waals surface area (Å²) in [4.78, 5) is 28.6. The molecule has 0 aliphatic rings. The van der Waals surface area contributed by atoms with E-state index in [1.165, 1.54) is 17.3 Å². The first-order chi connectivity index (χ1) is 13.5. The molecule has 2 rings (SSSR count). The van der Waals surface area contributed by atoms with Crippen molar-refractivity contribution in [2.24, 2.45) is 0 Å². The molecule has 1 atom stereocenters. The number of amides is 2. The molecule has 2 aromatic carbocycles. The van der Waals surface area contributed by atoms with Crippen LogP contribution in [0.25, 0.3) is 0 Å². The van der Waals surface area contributed by atoms with Crippen molar-refractivity contribution in [1.82, 2.24) is 10.2 Å². The molecule has 0 aromatic heterocycles. The molecular formula is C24H32N2O2S. The average Bonchev–Trinajstić information content (AvgIpc) is 2.63. The molecule has 0 spiro atoms. The van der Waals surface area contributed by atoms with Gasteiger partial charge in [0.25, 0.3) is 0 Å². The third-order valence-electron chi connectivity index (χ3n) is 4.48. The Bertz CT molecular complexity index is 841. The summed E-state index contributed by atoms with van der Waals surface area (Å²) in [5.74, 6) is 0.106. The van der Waals surface area contributed by atoms with Gasteiger partial charge in [-0.1, -0.05) is 47.5 Å². The first-order valence-electron chi connectivity index (χ1n) is 9.91. The smallest absolute Gasteiger partial charge is 0.242 e. The van der Waals surface area contributed by atoms with E-state index in [-0.39, 0.29) is 17.4 Å². The number of hydrogen-bond donors (Lipinski definition) is 1. The van der Waals surface area contributed by atoms with Crippen LogP contribution in [0, 0.1) is 13.8 Å². The van der Waals surface area contributed by atoms with E-state index in [0.29, 0.717) is 12.3 Å². The predicted molar refractivity (Wildman–Crippen MR) is 121 cm³/mol. The number of benzene rings is 2. The van der Waals surface area contributed by atoms with Crippen molar-refractivity contribution in [3.63, 3.8) is 0 Å². The van der Waals surface area contributed by atoms with Crippen LogP contribution in [0.3, 0.4) is 0 Å². The molecule has 0 aliphatic carbocycles. The van der Waals surface area contributed by atoms with Crippen LogP contribution in [-0.4, -0.2) is 34.0 Å². The van der Waals surface area contributed by atoms with Gasteiger partial charge in [-0.2, -0.15) is 0 Å². The molecule has 2 aromatic rings. The minimum absolute atomic E-state index is 0.0476. The molecule has 0 unspecified atom stereocenters. The summed E-state index contributed by atoms with van der Waals surface area (Å²) < 4.78 is 0. The summed E-state index contributed by atoms with van der Waals surface area (Å²) in [6.45, 7) is 12.1. The Hall–Kier alpha value is -2.27. The van der Waals surface area contributed by atoms with E-state index < -0.39 is 6.04 Å². The van der Waals surface area contributed by atoms with Crippen LogP contribution in [0.2, 0.25) is 0 Å². The van der Waals surface area contributed by atoms with Gasteiger partial charge in [-0.15, -0.1) is 11.8 Å². The Labute approximate surface area is 179 Å². The van der Waals surface area contributed by atoms with Gasteiger partial charge in [0.05, 0.1) is 5.75 Å². The lowest BCUT2D eigenvalue weighted by atomic mass is 10.1. The van der Waals surface area contributed by atoms with E-state index >= 15 is 0 Å². The van der Waals surface area contributed by atoms with Gasteiger partial charge in [0.1, 0.15) is 6.04 Å². The van der Waals surface area contributed by atoms with Gasteiger partial charge in [-0.05, 0) is 59.2 Å². The molecule has 0 saturated carbocycles. The van der Waals surface area contributed by atoms with Gasteiger partial charge in [0.15, 0.2) is 0 Å². The quantitative estimate of drug-likeness (QED) is 0.669. The number of nitrogens with zero attached hydrogens (tertiary/aromatic N) is 1. The van der Waals surface area contributed by atoms with Gasteiger partial charge >= 0.3 is 0 Å². The summed E-state index contributed by atoms with van der Waals surface area (Å²) in [7, 11) is 0. The van der Waals surface area contributed by atoms with Crippen molar-refractivity contribution < 1.29 is 9.59 Å². The second-order valence-electron chi connectivity index (χ2n) is 8.53. The Balaban J connectivity index is 2.16. The number of aryl methyl sites for hydroxylation is 2. The number of thioether (sulfide) groups is 1. The summed E-state index contributed by atoms with van der Waals surface area (Å²) >= 11 is 1.50. The largest absolute Gasteiger partial charge is 0.350 e. The van der Waals surface area contributed by atoms with Crippen molar-refractivity contribution >= 4 is 23.6 Å². The van der Waals surface area contributed by atoms with E-state index in [1.54, 1.807) is 11.8 Å². The molecule has 4 nitrogen and oxygen atoms in total. The monoisotopic (exact) mass is 412 g/mol. The molecule has 2 amide bonds. The number of carbonyl (C=O) groups is 2. The second-order valence-corrected chi connectivity index (χ2v) is 9.58. The molecule has 0 saturated heterocycles. The first-order valence-corrected chi connectivity index (χ1v) is 10.9. The zero-order valence-corrected chi connectivity index (χ0v) is 19.1. The highest BCUT2D eigenvalue weighted by molar-refractivity contribution is 8.00. The molecule has 0 fully saturated rings. The summed E-state index contributed by atoms with van der Waals surface area (Å²) in [6, 6.07) is 15.6. The number of carbonyl (C=O) groups excluding carboxylic acids is 2. The fourth-order valence-corrected chi connectivity index (χ4v) is 3.71. The Kier molecular flexibility index (Phi) is 7.91. The zero-order valence-electron chi connectivity index (χ0n) is 18.3. The Morgan fingerprint density at radius 1 is 1.03 bits per heavy atom. The average molecular weight is 413 g/mol. The molecule has 29 heavy (non-hydrogen) atoms. The maximum Gasteiger partial charge on any atom is 0.242 e. The molecule has 156 valence electrons. The van der Waals surface area contributed by atoms with E-state index in [2.05, 4.69) is 11.4 Å². The lowest BCUT2D eigenvalue weighted by molar-refractivity contribution is -0.139. The van der Waals surface area contributed by atoms with Crippen molar-refractivity contribution in [2.75, 3.05) is 5.75 Å². The van der Waals surface area contributed by atoms with Gasteiger partial charge in [0.2, 0.25) is 11.8 Å². The van der Waals surface area contributed by atoms with Crippen molar-refractivity contribution in [3.05, 3.63) is 65.2 Å². The van der Waals surface area contributed by atoms with Gasteiger partial charge in [-0.3, -0.25) is 9.59 Å². The van der Waals surface area contributed by atoms with Crippen LogP contribution >= 0.6 is 11.8 Å². The molecular weight excluding hydrogens is 380 g/mol. The third-order valence-corrected chi connectivity index (χ3v) is 5.48. The number of rotatable bonds is 7. The summed E-state index contributed by atoms with van der Waals surface area (Å²) in [6.07, 6.45) is 0. The normalized spacial score (nSPS) is 12.3. The van der Waals surface area contributed by atoms with E-state index in [9.17, 15) is 9.59 Å². The van der Waals surface area contributed by atoms with Crippen molar-refractivity contribution in [3.8, 4) is 0 Å².